The number of hydrogen-bond donors (Lipinski definition) is 1. The first-order chi connectivity index (χ1) is 7.90. The molecule has 1 fully saturated rings. The van der Waals surface area contributed by atoms with Crippen molar-refractivity contribution in [1.82, 2.24) is 5.32 Å². The van der Waals surface area contributed by atoms with Crippen LogP contribution in [0.5, 0.6) is 0 Å². The molecule has 1 unspecified atom stereocenters. The predicted molar refractivity (Wildman–Crippen MR) is 63.3 cm³/mol. The van der Waals surface area contributed by atoms with Crippen molar-refractivity contribution in [2.75, 3.05) is 19.8 Å². The number of furan rings is 1. The summed E-state index contributed by atoms with van der Waals surface area (Å²) in [6.07, 6.45) is 5.48. The second-order valence-electron chi connectivity index (χ2n) is 4.45. The molecule has 0 saturated heterocycles. The normalized spacial score (nSPS) is 17.6. The van der Waals surface area contributed by atoms with E-state index in [1.807, 2.05) is 12.1 Å². The number of nitrogens with one attached hydrogen (secondary N) is 1. The van der Waals surface area contributed by atoms with E-state index in [1.165, 1.54) is 12.8 Å². The van der Waals surface area contributed by atoms with E-state index < -0.39 is 0 Å². The summed E-state index contributed by atoms with van der Waals surface area (Å²) >= 11 is 0. The third kappa shape index (κ3) is 3.65. The highest BCUT2D eigenvalue weighted by atomic mass is 16.5. The van der Waals surface area contributed by atoms with Crippen molar-refractivity contribution in [2.24, 2.45) is 5.92 Å². The van der Waals surface area contributed by atoms with Crippen molar-refractivity contribution in [3.63, 3.8) is 0 Å². The molecule has 1 atom stereocenters. The van der Waals surface area contributed by atoms with E-state index in [0.29, 0.717) is 6.04 Å². The second kappa shape index (κ2) is 6.06. The average Bonchev–Trinajstić information content (AvgIpc) is 2.97. The first kappa shape index (κ1) is 11.7. The molecule has 0 aliphatic heterocycles. The van der Waals surface area contributed by atoms with Gasteiger partial charge in [-0.3, -0.25) is 0 Å². The largest absolute Gasteiger partial charge is 0.468 e. The standard InChI is InChI=1S/C13H21NO2/c1-2-12(13-4-3-8-16-13)14-7-9-15-10-11-5-6-11/h3-4,8,11-12,14H,2,5-7,9-10H2,1H3. The van der Waals surface area contributed by atoms with Gasteiger partial charge in [0.1, 0.15) is 5.76 Å². The van der Waals surface area contributed by atoms with Crippen LogP contribution in [-0.2, 0) is 4.74 Å². The highest BCUT2D eigenvalue weighted by Gasteiger charge is 2.20. The minimum atomic E-state index is 0.319. The van der Waals surface area contributed by atoms with Crippen LogP contribution in [0.4, 0.5) is 0 Å². The van der Waals surface area contributed by atoms with Crippen LogP contribution in [0.15, 0.2) is 22.8 Å². The number of ether oxygens (including phenoxy) is 1. The van der Waals surface area contributed by atoms with Crippen molar-refractivity contribution in [3.05, 3.63) is 24.2 Å². The van der Waals surface area contributed by atoms with Gasteiger partial charge in [-0.05, 0) is 37.3 Å². The third-order valence-corrected chi connectivity index (χ3v) is 2.98. The van der Waals surface area contributed by atoms with Crippen LogP contribution in [0, 0.1) is 5.92 Å². The summed E-state index contributed by atoms with van der Waals surface area (Å²) in [5.74, 6) is 1.87. The van der Waals surface area contributed by atoms with Gasteiger partial charge >= 0.3 is 0 Å². The zero-order chi connectivity index (χ0) is 11.2. The van der Waals surface area contributed by atoms with E-state index in [1.54, 1.807) is 6.26 Å². The summed E-state index contributed by atoms with van der Waals surface area (Å²) in [6, 6.07) is 4.27. The predicted octanol–water partition coefficient (Wildman–Crippen LogP) is 2.75. The lowest BCUT2D eigenvalue weighted by Gasteiger charge is -2.14. The molecule has 1 heterocycles. The zero-order valence-electron chi connectivity index (χ0n) is 9.95. The highest BCUT2D eigenvalue weighted by molar-refractivity contribution is 5.03. The van der Waals surface area contributed by atoms with Crippen molar-refractivity contribution in [2.45, 2.75) is 32.2 Å². The van der Waals surface area contributed by atoms with E-state index in [2.05, 4.69) is 12.2 Å². The summed E-state index contributed by atoms with van der Waals surface area (Å²) in [4.78, 5) is 0. The Labute approximate surface area is 97.2 Å². The molecule has 1 N–H and O–H groups in total. The van der Waals surface area contributed by atoms with Crippen molar-refractivity contribution >= 4 is 0 Å². The van der Waals surface area contributed by atoms with Crippen LogP contribution < -0.4 is 5.32 Å². The zero-order valence-corrected chi connectivity index (χ0v) is 9.95. The van der Waals surface area contributed by atoms with E-state index in [0.717, 1.165) is 37.9 Å². The van der Waals surface area contributed by atoms with Crippen LogP contribution in [0.2, 0.25) is 0 Å². The minimum absolute atomic E-state index is 0.319. The first-order valence-corrected chi connectivity index (χ1v) is 6.24. The van der Waals surface area contributed by atoms with Gasteiger partial charge in [0.05, 0.1) is 18.9 Å². The van der Waals surface area contributed by atoms with Crippen LogP contribution in [-0.4, -0.2) is 19.8 Å². The molecule has 0 aromatic carbocycles. The van der Waals surface area contributed by atoms with Gasteiger partial charge in [0, 0.05) is 13.2 Å². The van der Waals surface area contributed by atoms with Gasteiger partial charge in [0.15, 0.2) is 0 Å². The van der Waals surface area contributed by atoms with Gasteiger partial charge in [-0.15, -0.1) is 0 Å². The lowest BCUT2D eigenvalue weighted by molar-refractivity contribution is 0.123. The first-order valence-electron chi connectivity index (χ1n) is 6.24. The Hall–Kier alpha value is -0.800. The van der Waals surface area contributed by atoms with Crippen LogP contribution in [0.25, 0.3) is 0 Å². The van der Waals surface area contributed by atoms with Gasteiger partial charge in [-0.25, -0.2) is 0 Å². The Morgan fingerprint density at radius 1 is 1.56 bits per heavy atom. The monoisotopic (exact) mass is 223 g/mol. The van der Waals surface area contributed by atoms with Crippen molar-refractivity contribution < 1.29 is 9.15 Å². The molecule has 1 saturated carbocycles. The van der Waals surface area contributed by atoms with Gasteiger partial charge in [0.2, 0.25) is 0 Å². The smallest absolute Gasteiger partial charge is 0.120 e. The molecule has 3 heteroatoms. The molecule has 16 heavy (non-hydrogen) atoms. The maximum atomic E-state index is 5.58. The van der Waals surface area contributed by atoms with E-state index in [-0.39, 0.29) is 0 Å². The Bertz CT molecular complexity index is 280. The van der Waals surface area contributed by atoms with Crippen molar-refractivity contribution in [3.8, 4) is 0 Å². The van der Waals surface area contributed by atoms with Crippen LogP contribution in [0.1, 0.15) is 38.0 Å². The molecule has 0 bridgehead atoms. The minimum Gasteiger partial charge on any atom is -0.468 e. The molecule has 1 aromatic rings. The molecule has 1 aliphatic carbocycles. The van der Waals surface area contributed by atoms with Gasteiger partial charge in [-0.1, -0.05) is 6.92 Å². The molecule has 2 rings (SSSR count). The van der Waals surface area contributed by atoms with Crippen molar-refractivity contribution in [1.29, 1.82) is 0 Å². The molecule has 1 aliphatic rings. The molecule has 90 valence electrons. The molecule has 0 radical (unpaired) electrons. The van der Waals surface area contributed by atoms with Crippen LogP contribution in [0.3, 0.4) is 0 Å². The second-order valence-corrected chi connectivity index (χ2v) is 4.45. The lowest BCUT2D eigenvalue weighted by atomic mass is 10.2. The molecule has 0 amide bonds. The maximum absolute atomic E-state index is 5.58. The Kier molecular flexibility index (Phi) is 4.43. The van der Waals surface area contributed by atoms with E-state index >= 15 is 0 Å². The average molecular weight is 223 g/mol. The van der Waals surface area contributed by atoms with Crippen LogP contribution >= 0.6 is 0 Å². The molecule has 0 spiro atoms. The Morgan fingerprint density at radius 3 is 3.06 bits per heavy atom. The fourth-order valence-corrected chi connectivity index (χ4v) is 1.78. The summed E-state index contributed by atoms with van der Waals surface area (Å²) in [6.45, 7) is 4.80. The topological polar surface area (TPSA) is 34.4 Å². The van der Waals surface area contributed by atoms with Gasteiger partial charge < -0.3 is 14.5 Å². The highest BCUT2D eigenvalue weighted by Crippen LogP contribution is 2.28. The Morgan fingerprint density at radius 2 is 2.44 bits per heavy atom. The SMILES string of the molecule is CCC(NCCOCC1CC1)c1ccco1. The summed E-state index contributed by atoms with van der Waals surface area (Å²) in [7, 11) is 0. The summed E-state index contributed by atoms with van der Waals surface area (Å²) < 4.78 is 11.0. The lowest BCUT2D eigenvalue weighted by Crippen LogP contribution is -2.24. The molecular formula is C13H21NO2. The maximum Gasteiger partial charge on any atom is 0.120 e. The molecular weight excluding hydrogens is 202 g/mol. The molecule has 1 aromatic heterocycles. The summed E-state index contributed by atoms with van der Waals surface area (Å²) in [5, 5.41) is 3.45. The quantitative estimate of drug-likeness (QED) is 0.688. The summed E-state index contributed by atoms with van der Waals surface area (Å²) in [5.41, 5.74) is 0. The Balaban J connectivity index is 1.59. The number of hydrogen-bond acceptors (Lipinski definition) is 3. The molecule has 3 nitrogen and oxygen atoms in total. The van der Waals surface area contributed by atoms with E-state index in [9.17, 15) is 0 Å². The fraction of sp³-hybridized carbons (Fsp3) is 0.692. The number of rotatable bonds is 8. The van der Waals surface area contributed by atoms with E-state index in [4.69, 9.17) is 9.15 Å². The third-order valence-electron chi connectivity index (χ3n) is 2.98. The van der Waals surface area contributed by atoms with Gasteiger partial charge in [0.25, 0.3) is 0 Å². The fourth-order valence-electron chi connectivity index (χ4n) is 1.78. The van der Waals surface area contributed by atoms with Gasteiger partial charge in [-0.2, -0.15) is 0 Å².